The molecule has 1 saturated heterocycles. The van der Waals surface area contributed by atoms with Crippen LogP contribution in [0.5, 0.6) is 5.75 Å². The van der Waals surface area contributed by atoms with Crippen molar-refractivity contribution in [2.45, 2.75) is 32.6 Å². The van der Waals surface area contributed by atoms with E-state index >= 15 is 0 Å². The maximum atomic E-state index is 12.0. The van der Waals surface area contributed by atoms with Gasteiger partial charge in [-0.2, -0.15) is 0 Å². The van der Waals surface area contributed by atoms with Crippen LogP contribution in [0.1, 0.15) is 26.3 Å². The molecule has 1 fully saturated rings. The normalized spacial score (nSPS) is 17.3. The maximum absolute atomic E-state index is 12.0. The number of rotatable bonds is 5. The largest absolute Gasteiger partial charge is 0.461 e. The second-order valence-electron chi connectivity index (χ2n) is 6.34. The molecule has 1 aliphatic heterocycles. The molecule has 7 heteroatoms. The lowest BCUT2D eigenvalue weighted by molar-refractivity contribution is -0.150. The van der Waals surface area contributed by atoms with E-state index in [1.54, 1.807) is 45.0 Å². The van der Waals surface area contributed by atoms with E-state index in [0.29, 0.717) is 11.3 Å². The lowest BCUT2D eigenvalue weighted by Gasteiger charge is -2.18. The average molecular weight is 352 g/mol. The van der Waals surface area contributed by atoms with Crippen LogP contribution in [0.2, 0.25) is 0 Å². The summed E-state index contributed by atoms with van der Waals surface area (Å²) < 4.78 is 15.5. The van der Waals surface area contributed by atoms with E-state index in [4.69, 9.17) is 14.2 Å². The SMILES string of the molecule is CC(C)(C)C(=O)Oc1ccccc1CC(=O)OC[C@@H]1OC(=O)CS1. The predicted octanol–water partition coefficient (Wildman–Crippen LogP) is 2.34. The molecule has 0 aliphatic carbocycles. The summed E-state index contributed by atoms with van der Waals surface area (Å²) in [5, 5.41) is 0. The smallest absolute Gasteiger partial charge is 0.317 e. The Morgan fingerprint density at radius 3 is 2.62 bits per heavy atom. The van der Waals surface area contributed by atoms with Gasteiger partial charge >= 0.3 is 17.9 Å². The van der Waals surface area contributed by atoms with Crippen molar-refractivity contribution < 1.29 is 28.6 Å². The maximum Gasteiger partial charge on any atom is 0.317 e. The molecule has 130 valence electrons. The lowest BCUT2D eigenvalue weighted by Crippen LogP contribution is -2.26. The zero-order chi connectivity index (χ0) is 17.7. The summed E-state index contributed by atoms with van der Waals surface area (Å²) in [5.74, 6) is -0.541. The fraction of sp³-hybridized carbons (Fsp3) is 0.471. The summed E-state index contributed by atoms with van der Waals surface area (Å²) in [6.45, 7) is 5.28. The second kappa shape index (κ2) is 7.70. The van der Waals surface area contributed by atoms with E-state index in [9.17, 15) is 14.4 Å². The van der Waals surface area contributed by atoms with E-state index in [-0.39, 0.29) is 30.7 Å². The van der Waals surface area contributed by atoms with Gasteiger partial charge in [-0.3, -0.25) is 14.4 Å². The zero-order valence-corrected chi connectivity index (χ0v) is 14.7. The molecule has 6 nitrogen and oxygen atoms in total. The van der Waals surface area contributed by atoms with Gasteiger partial charge in [0.25, 0.3) is 0 Å². The molecule has 1 aliphatic rings. The third kappa shape index (κ3) is 5.26. The first-order valence-corrected chi connectivity index (χ1v) is 8.57. The van der Waals surface area contributed by atoms with E-state index in [1.807, 2.05) is 0 Å². The van der Waals surface area contributed by atoms with Gasteiger partial charge in [0.2, 0.25) is 0 Å². The first-order valence-electron chi connectivity index (χ1n) is 7.52. The Morgan fingerprint density at radius 2 is 2.00 bits per heavy atom. The van der Waals surface area contributed by atoms with Crippen LogP contribution in [0.25, 0.3) is 0 Å². The fourth-order valence-electron chi connectivity index (χ4n) is 1.83. The number of benzene rings is 1. The van der Waals surface area contributed by atoms with E-state index in [2.05, 4.69) is 0 Å². The van der Waals surface area contributed by atoms with Crippen molar-refractivity contribution in [2.24, 2.45) is 5.41 Å². The van der Waals surface area contributed by atoms with Crippen molar-refractivity contribution in [1.82, 2.24) is 0 Å². The predicted molar refractivity (Wildman–Crippen MR) is 88.5 cm³/mol. The molecule has 0 amide bonds. The quantitative estimate of drug-likeness (QED) is 0.594. The van der Waals surface area contributed by atoms with Gasteiger partial charge in [-0.1, -0.05) is 18.2 Å². The van der Waals surface area contributed by atoms with Gasteiger partial charge in [-0.05, 0) is 26.8 Å². The molecule has 0 bridgehead atoms. The number of thioether (sulfide) groups is 1. The molecule has 24 heavy (non-hydrogen) atoms. The van der Waals surface area contributed by atoms with Crippen molar-refractivity contribution in [3.8, 4) is 5.75 Å². The number of hydrogen-bond donors (Lipinski definition) is 0. The zero-order valence-electron chi connectivity index (χ0n) is 13.9. The number of carbonyl (C=O) groups excluding carboxylic acids is 3. The molecule has 0 aromatic heterocycles. The Kier molecular flexibility index (Phi) is 5.88. The number of esters is 3. The fourth-order valence-corrected chi connectivity index (χ4v) is 2.56. The van der Waals surface area contributed by atoms with Crippen molar-refractivity contribution in [2.75, 3.05) is 12.4 Å². The molecular weight excluding hydrogens is 332 g/mol. The third-order valence-corrected chi connectivity index (χ3v) is 4.16. The molecule has 2 rings (SSSR count). The Labute approximate surface area is 144 Å². The number of ether oxygens (including phenoxy) is 3. The third-order valence-electron chi connectivity index (χ3n) is 3.15. The standard InChI is InChI=1S/C17H20O6S/c1-17(2,3)16(20)22-12-7-5-4-6-11(12)8-13(18)21-9-15-23-14(19)10-24-15/h4-7,15H,8-10H2,1-3H3/t15-/m1/s1. The minimum absolute atomic E-state index is 0.0131. The molecule has 1 heterocycles. The Hall–Kier alpha value is -2.02. The highest BCUT2D eigenvalue weighted by atomic mass is 32.2. The Balaban J connectivity index is 1.93. The minimum atomic E-state index is -0.642. The number of hydrogen-bond acceptors (Lipinski definition) is 7. The molecule has 0 saturated carbocycles. The number of carbonyl (C=O) groups is 3. The van der Waals surface area contributed by atoms with Gasteiger partial charge < -0.3 is 14.2 Å². The highest BCUT2D eigenvalue weighted by Crippen LogP contribution is 2.24. The topological polar surface area (TPSA) is 78.9 Å². The van der Waals surface area contributed by atoms with Crippen LogP contribution in [-0.2, 0) is 30.3 Å². The van der Waals surface area contributed by atoms with Crippen molar-refractivity contribution in [1.29, 1.82) is 0 Å². The Morgan fingerprint density at radius 1 is 1.29 bits per heavy atom. The first-order chi connectivity index (χ1) is 11.3. The second-order valence-corrected chi connectivity index (χ2v) is 7.49. The number of para-hydroxylation sites is 1. The minimum Gasteiger partial charge on any atom is -0.461 e. The summed E-state index contributed by atoms with van der Waals surface area (Å²) in [5.41, 5.74) is -0.524. The molecule has 0 spiro atoms. The Bertz CT molecular complexity index is 634. The number of cyclic esters (lactones) is 1. The lowest BCUT2D eigenvalue weighted by atomic mass is 9.97. The highest BCUT2D eigenvalue weighted by molar-refractivity contribution is 8.00. The van der Waals surface area contributed by atoms with Gasteiger partial charge in [-0.15, -0.1) is 11.8 Å². The van der Waals surface area contributed by atoms with E-state index in [1.165, 1.54) is 11.8 Å². The monoisotopic (exact) mass is 352 g/mol. The molecule has 1 atom stereocenters. The van der Waals surface area contributed by atoms with Crippen LogP contribution in [0, 0.1) is 5.41 Å². The van der Waals surface area contributed by atoms with Gasteiger partial charge in [0.15, 0.2) is 5.44 Å². The summed E-state index contributed by atoms with van der Waals surface area (Å²) >= 11 is 1.29. The summed E-state index contributed by atoms with van der Waals surface area (Å²) in [6, 6.07) is 6.83. The van der Waals surface area contributed by atoms with Crippen LogP contribution in [0.4, 0.5) is 0 Å². The highest BCUT2D eigenvalue weighted by Gasteiger charge is 2.26. The van der Waals surface area contributed by atoms with E-state index in [0.717, 1.165) is 0 Å². The summed E-state index contributed by atoms with van der Waals surface area (Å²) in [4.78, 5) is 35.0. The van der Waals surface area contributed by atoms with Crippen molar-refractivity contribution in [3.63, 3.8) is 0 Å². The summed E-state index contributed by atoms with van der Waals surface area (Å²) in [7, 11) is 0. The summed E-state index contributed by atoms with van der Waals surface area (Å²) in [6.07, 6.45) is -0.0288. The first kappa shape index (κ1) is 18.3. The van der Waals surface area contributed by atoms with Gasteiger partial charge in [0, 0.05) is 5.56 Å². The molecule has 1 aromatic carbocycles. The van der Waals surface area contributed by atoms with Gasteiger partial charge in [-0.25, -0.2) is 0 Å². The molecule has 1 aromatic rings. The average Bonchev–Trinajstić information content (AvgIpc) is 2.92. The van der Waals surface area contributed by atoms with Gasteiger partial charge in [0.05, 0.1) is 17.6 Å². The van der Waals surface area contributed by atoms with Crippen molar-refractivity contribution in [3.05, 3.63) is 29.8 Å². The molecular formula is C17H20O6S. The van der Waals surface area contributed by atoms with Crippen LogP contribution in [0.15, 0.2) is 24.3 Å². The van der Waals surface area contributed by atoms with Crippen LogP contribution in [-0.4, -0.2) is 35.7 Å². The van der Waals surface area contributed by atoms with Crippen LogP contribution in [0.3, 0.4) is 0 Å². The molecule has 0 unspecified atom stereocenters. The van der Waals surface area contributed by atoms with E-state index < -0.39 is 16.8 Å². The molecule has 0 N–H and O–H groups in total. The molecule has 0 radical (unpaired) electrons. The van der Waals surface area contributed by atoms with Crippen LogP contribution < -0.4 is 4.74 Å². The van der Waals surface area contributed by atoms with Gasteiger partial charge in [0.1, 0.15) is 12.4 Å². The van der Waals surface area contributed by atoms with Crippen LogP contribution >= 0.6 is 11.8 Å². The van der Waals surface area contributed by atoms with Crippen molar-refractivity contribution >= 4 is 29.7 Å².